The third kappa shape index (κ3) is 5.30. The van der Waals surface area contributed by atoms with E-state index in [2.05, 4.69) is 5.32 Å². The van der Waals surface area contributed by atoms with Crippen LogP contribution in [0, 0.1) is 11.3 Å². The maximum absolute atomic E-state index is 13.1. The molecule has 1 heterocycles. The number of amides is 2. The number of ether oxygens (including phenoxy) is 1. The quantitative estimate of drug-likeness (QED) is 0.656. The number of aryl methyl sites for hydroxylation is 1. The Labute approximate surface area is 185 Å². The second-order valence-corrected chi connectivity index (χ2v) is 8.48. The first-order valence-electron chi connectivity index (χ1n) is 10.3. The maximum atomic E-state index is 13.1. The van der Waals surface area contributed by atoms with Gasteiger partial charge in [0.25, 0.3) is 5.91 Å². The highest BCUT2D eigenvalue weighted by Gasteiger charge is 2.31. The molecule has 7 nitrogen and oxygen atoms in total. The summed E-state index contributed by atoms with van der Waals surface area (Å²) in [4.78, 5) is 40.3. The van der Waals surface area contributed by atoms with E-state index in [0.29, 0.717) is 16.3 Å². The molecule has 0 saturated heterocycles. The average Bonchev–Trinajstić information content (AvgIpc) is 3.11. The first-order valence-corrected chi connectivity index (χ1v) is 11.1. The van der Waals surface area contributed by atoms with Crippen LogP contribution in [0.15, 0.2) is 30.3 Å². The Morgan fingerprint density at radius 3 is 2.61 bits per heavy atom. The summed E-state index contributed by atoms with van der Waals surface area (Å²) in [5.41, 5.74) is 1.91. The minimum Gasteiger partial charge on any atom is -0.449 e. The monoisotopic (exact) mass is 439 g/mol. The van der Waals surface area contributed by atoms with E-state index in [1.807, 2.05) is 12.1 Å². The molecule has 1 aliphatic carbocycles. The summed E-state index contributed by atoms with van der Waals surface area (Å²) in [7, 11) is 0. The third-order valence-corrected chi connectivity index (χ3v) is 6.28. The Bertz CT molecular complexity index is 1010. The fraction of sp³-hybridized carbons (Fsp3) is 0.391. The highest BCUT2D eigenvalue weighted by molar-refractivity contribution is 7.17. The van der Waals surface area contributed by atoms with Crippen molar-refractivity contribution in [3.63, 3.8) is 0 Å². The SMILES string of the molecule is CC(=O)Nc1sc2c(c1C(=O)O[C@H](C)C(=O)N(CCC#N)c1ccccc1)CCCC2. The topological polar surface area (TPSA) is 99.5 Å². The van der Waals surface area contributed by atoms with Gasteiger partial charge in [0.1, 0.15) is 5.00 Å². The van der Waals surface area contributed by atoms with Gasteiger partial charge < -0.3 is 15.0 Å². The van der Waals surface area contributed by atoms with Gasteiger partial charge in [0.15, 0.2) is 6.10 Å². The lowest BCUT2D eigenvalue weighted by Gasteiger charge is -2.25. The molecule has 31 heavy (non-hydrogen) atoms. The summed E-state index contributed by atoms with van der Waals surface area (Å²) in [6.07, 6.45) is 2.73. The third-order valence-electron chi connectivity index (χ3n) is 5.08. The number of rotatable bonds is 7. The number of carbonyl (C=O) groups is 3. The summed E-state index contributed by atoms with van der Waals surface area (Å²) in [6, 6.07) is 11.0. The van der Waals surface area contributed by atoms with Crippen molar-refractivity contribution in [1.82, 2.24) is 0 Å². The van der Waals surface area contributed by atoms with Gasteiger partial charge in [-0.25, -0.2) is 4.79 Å². The van der Waals surface area contributed by atoms with Crippen LogP contribution in [0.5, 0.6) is 0 Å². The zero-order chi connectivity index (χ0) is 22.4. The summed E-state index contributed by atoms with van der Waals surface area (Å²) in [5, 5.41) is 12.2. The lowest BCUT2D eigenvalue weighted by Crippen LogP contribution is -2.40. The molecule has 1 aromatic heterocycles. The molecule has 2 amide bonds. The molecule has 0 aliphatic heterocycles. The van der Waals surface area contributed by atoms with Crippen molar-refractivity contribution in [3.8, 4) is 6.07 Å². The van der Waals surface area contributed by atoms with Crippen molar-refractivity contribution < 1.29 is 19.1 Å². The summed E-state index contributed by atoms with van der Waals surface area (Å²) in [5.74, 6) is -1.28. The van der Waals surface area contributed by atoms with Crippen molar-refractivity contribution in [2.75, 3.05) is 16.8 Å². The maximum Gasteiger partial charge on any atom is 0.342 e. The summed E-state index contributed by atoms with van der Waals surface area (Å²) in [6.45, 7) is 3.12. The second kappa shape index (κ2) is 10.2. The zero-order valence-electron chi connectivity index (χ0n) is 17.6. The zero-order valence-corrected chi connectivity index (χ0v) is 18.5. The first-order chi connectivity index (χ1) is 14.9. The molecule has 0 radical (unpaired) electrons. The Morgan fingerprint density at radius 1 is 1.23 bits per heavy atom. The van der Waals surface area contributed by atoms with Crippen LogP contribution < -0.4 is 10.2 Å². The van der Waals surface area contributed by atoms with Crippen LogP contribution in [0.4, 0.5) is 10.7 Å². The normalized spacial score (nSPS) is 13.5. The van der Waals surface area contributed by atoms with E-state index in [1.165, 1.54) is 30.1 Å². The molecule has 1 N–H and O–H groups in total. The largest absolute Gasteiger partial charge is 0.449 e. The molecule has 2 aromatic rings. The standard InChI is InChI=1S/C23H25N3O4S/c1-15(22(28)26(14-8-13-24)17-9-4-3-5-10-17)30-23(29)20-18-11-6-7-12-19(18)31-21(20)25-16(2)27/h3-5,9-10,15H,6-8,11-12,14H2,1-2H3,(H,25,27)/t15-/m1/s1. The lowest BCUT2D eigenvalue weighted by molar-refractivity contribution is -0.126. The number of nitrogens with zero attached hydrogens (tertiary/aromatic N) is 2. The number of hydrogen-bond acceptors (Lipinski definition) is 6. The van der Waals surface area contributed by atoms with Crippen molar-refractivity contribution in [2.45, 2.75) is 52.1 Å². The smallest absolute Gasteiger partial charge is 0.342 e. The molecule has 0 spiro atoms. The minimum absolute atomic E-state index is 0.159. The van der Waals surface area contributed by atoms with E-state index in [4.69, 9.17) is 10.00 Å². The van der Waals surface area contributed by atoms with Crippen molar-refractivity contribution in [2.24, 2.45) is 0 Å². The predicted molar refractivity (Wildman–Crippen MR) is 119 cm³/mol. The number of para-hydroxylation sites is 1. The fourth-order valence-electron chi connectivity index (χ4n) is 3.66. The van der Waals surface area contributed by atoms with Gasteiger partial charge in [-0.2, -0.15) is 5.26 Å². The Morgan fingerprint density at radius 2 is 1.94 bits per heavy atom. The Hall–Kier alpha value is -3.18. The van der Waals surface area contributed by atoms with Gasteiger partial charge >= 0.3 is 5.97 Å². The van der Waals surface area contributed by atoms with Crippen molar-refractivity contribution in [1.29, 1.82) is 5.26 Å². The van der Waals surface area contributed by atoms with Gasteiger partial charge in [-0.15, -0.1) is 11.3 Å². The van der Waals surface area contributed by atoms with Gasteiger partial charge in [0.05, 0.1) is 18.1 Å². The minimum atomic E-state index is -1.05. The van der Waals surface area contributed by atoms with Gasteiger partial charge in [0, 0.05) is 24.0 Å². The number of carbonyl (C=O) groups excluding carboxylic acids is 3. The van der Waals surface area contributed by atoms with Gasteiger partial charge in [-0.3, -0.25) is 9.59 Å². The van der Waals surface area contributed by atoms with Crippen LogP contribution in [-0.2, 0) is 27.2 Å². The van der Waals surface area contributed by atoms with Gasteiger partial charge in [-0.05, 0) is 50.3 Å². The Balaban J connectivity index is 1.82. The number of thiophene rings is 1. The molecule has 0 unspecified atom stereocenters. The lowest BCUT2D eigenvalue weighted by atomic mass is 9.95. The molecule has 0 saturated carbocycles. The molecule has 162 valence electrons. The van der Waals surface area contributed by atoms with Crippen LogP contribution in [-0.4, -0.2) is 30.4 Å². The molecule has 8 heteroatoms. The number of anilines is 2. The number of benzene rings is 1. The van der Waals surface area contributed by atoms with Gasteiger partial charge in [0.2, 0.25) is 5.91 Å². The molecule has 0 bridgehead atoms. The Kier molecular flexibility index (Phi) is 7.42. The number of hydrogen-bond donors (Lipinski definition) is 1. The van der Waals surface area contributed by atoms with E-state index in [-0.39, 0.29) is 18.9 Å². The van der Waals surface area contributed by atoms with E-state index in [1.54, 1.807) is 24.3 Å². The second-order valence-electron chi connectivity index (χ2n) is 7.38. The molecule has 1 aliphatic rings. The van der Waals surface area contributed by atoms with Crippen LogP contribution in [0.1, 0.15) is 53.9 Å². The van der Waals surface area contributed by atoms with Crippen LogP contribution in [0.2, 0.25) is 0 Å². The average molecular weight is 440 g/mol. The molecular weight excluding hydrogens is 414 g/mol. The van der Waals surface area contributed by atoms with E-state index in [0.717, 1.165) is 36.1 Å². The van der Waals surface area contributed by atoms with E-state index in [9.17, 15) is 14.4 Å². The molecule has 1 aromatic carbocycles. The van der Waals surface area contributed by atoms with E-state index < -0.39 is 18.0 Å². The number of esters is 1. The summed E-state index contributed by atoms with van der Waals surface area (Å²) >= 11 is 1.40. The molecule has 1 atom stereocenters. The fourth-order valence-corrected chi connectivity index (χ4v) is 4.98. The van der Waals surface area contributed by atoms with Crippen molar-refractivity contribution >= 4 is 39.8 Å². The number of nitriles is 1. The van der Waals surface area contributed by atoms with Crippen LogP contribution >= 0.6 is 11.3 Å². The van der Waals surface area contributed by atoms with Crippen molar-refractivity contribution in [3.05, 3.63) is 46.3 Å². The highest BCUT2D eigenvalue weighted by Crippen LogP contribution is 2.38. The van der Waals surface area contributed by atoms with Crippen LogP contribution in [0.25, 0.3) is 0 Å². The molecule has 3 rings (SSSR count). The highest BCUT2D eigenvalue weighted by atomic mass is 32.1. The van der Waals surface area contributed by atoms with Gasteiger partial charge in [-0.1, -0.05) is 18.2 Å². The first kappa shape index (κ1) is 22.5. The number of nitrogens with one attached hydrogen (secondary N) is 1. The molecule has 0 fully saturated rings. The van der Waals surface area contributed by atoms with Crippen LogP contribution in [0.3, 0.4) is 0 Å². The number of fused-ring (bicyclic) bond motifs is 1. The van der Waals surface area contributed by atoms with E-state index >= 15 is 0 Å². The molecular formula is C23H25N3O4S. The predicted octanol–water partition coefficient (Wildman–Crippen LogP) is 4.08. The summed E-state index contributed by atoms with van der Waals surface area (Å²) < 4.78 is 5.57.